The van der Waals surface area contributed by atoms with Crippen LogP contribution in [0.4, 0.5) is 0 Å². The first kappa shape index (κ1) is 16.0. The molecule has 2 N–H and O–H groups in total. The van der Waals surface area contributed by atoms with Crippen molar-refractivity contribution < 1.29 is 19.4 Å². The Morgan fingerprint density at radius 1 is 1.35 bits per heavy atom. The fraction of sp³-hybridized carbons (Fsp3) is 0.688. The molecule has 1 aromatic heterocycles. The van der Waals surface area contributed by atoms with Crippen LogP contribution in [0.2, 0.25) is 0 Å². The number of ether oxygens (including phenoxy) is 1. The number of nitrogens with zero attached hydrogens (tertiary/aromatic N) is 2. The number of carboxylic acid groups (broad SMARTS) is 1. The number of morpholine rings is 1. The van der Waals surface area contributed by atoms with Crippen molar-refractivity contribution in [3.8, 4) is 0 Å². The number of carbonyl (C=O) groups excluding carboxylic acids is 1. The minimum Gasteiger partial charge on any atom is -0.481 e. The Labute approximate surface area is 135 Å². The molecule has 3 rings (SSSR count). The number of aliphatic carboxylic acids is 1. The summed E-state index contributed by atoms with van der Waals surface area (Å²) in [5, 5.41) is 16.1. The fourth-order valence-corrected chi connectivity index (χ4v) is 3.62. The van der Waals surface area contributed by atoms with Gasteiger partial charge in [-0.25, -0.2) is 0 Å². The summed E-state index contributed by atoms with van der Waals surface area (Å²) in [6, 6.07) is -0.414. The summed E-state index contributed by atoms with van der Waals surface area (Å²) in [5.41, 5.74) is 1.50. The third-order valence-electron chi connectivity index (χ3n) is 4.81. The number of hydrogen-bond donors (Lipinski definition) is 2. The van der Waals surface area contributed by atoms with Crippen molar-refractivity contribution in [2.45, 2.75) is 50.5 Å². The van der Waals surface area contributed by atoms with Crippen molar-refractivity contribution in [1.82, 2.24) is 15.1 Å². The first-order valence-electron chi connectivity index (χ1n) is 8.30. The number of aromatic nitrogens is 2. The molecule has 0 spiro atoms. The molecule has 0 radical (unpaired) electrons. The van der Waals surface area contributed by atoms with Crippen LogP contribution in [-0.4, -0.2) is 57.9 Å². The zero-order valence-electron chi connectivity index (χ0n) is 13.2. The maximum Gasteiger partial charge on any atom is 0.305 e. The van der Waals surface area contributed by atoms with Crippen molar-refractivity contribution in [3.63, 3.8) is 0 Å². The van der Waals surface area contributed by atoms with E-state index in [2.05, 4.69) is 10.2 Å². The normalized spacial score (nSPS) is 23.0. The molecule has 2 heterocycles. The molecule has 2 fully saturated rings. The molecule has 0 bridgehead atoms. The minimum atomic E-state index is -0.919. The maximum atomic E-state index is 12.9. The largest absolute Gasteiger partial charge is 0.481 e. The van der Waals surface area contributed by atoms with Gasteiger partial charge >= 0.3 is 5.97 Å². The van der Waals surface area contributed by atoms with Gasteiger partial charge in [0.2, 0.25) is 0 Å². The number of aromatic amines is 1. The van der Waals surface area contributed by atoms with Crippen LogP contribution in [0.3, 0.4) is 0 Å². The second-order valence-corrected chi connectivity index (χ2v) is 6.36. The van der Waals surface area contributed by atoms with Crippen LogP contribution in [-0.2, 0) is 9.53 Å². The van der Waals surface area contributed by atoms with Gasteiger partial charge in [-0.05, 0) is 12.8 Å². The standard InChI is InChI=1S/C16H23N3O4/c20-14(21)8-12-10-23-7-6-19(12)16(22)13-9-17-18-15(13)11-4-2-1-3-5-11/h9,11-12H,1-8,10H2,(H,17,18)(H,20,21). The Morgan fingerprint density at radius 3 is 2.87 bits per heavy atom. The van der Waals surface area contributed by atoms with Crippen LogP contribution in [0.1, 0.15) is 60.5 Å². The van der Waals surface area contributed by atoms with Crippen LogP contribution in [0.15, 0.2) is 6.20 Å². The van der Waals surface area contributed by atoms with E-state index in [9.17, 15) is 9.59 Å². The Kier molecular flexibility index (Phi) is 4.95. The molecule has 1 atom stereocenters. The summed E-state index contributed by atoms with van der Waals surface area (Å²) in [5.74, 6) is -0.698. The Bertz CT molecular complexity index is 565. The average molecular weight is 321 g/mol. The SMILES string of the molecule is O=C(O)CC1COCCN1C(=O)c1cn[nH]c1C1CCCCC1. The van der Waals surface area contributed by atoms with Gasteiger partial charge in [-0.2, -0.15) is 5.10 Å². The van der Waals surface area contributed by atoms with E-state index in [1.165, 1.54) is 19.3 Å². The summed E-state index contributed by atoms with van der Waals surface area (Å²) < 4.78 is 5.35. The molecular weight excluding hydrogens is 298 g/mol. The van der Waals surface area contributed by atoms with Crippen LogP contribution in [0, 0.1) is 0 Å². The van der Waals surface area contributed by atoms with E-state index in [1.807, 2.05) is 0 Å². The van der Waals surface area contributed by atoms with Gasteiger partial charge in [-0.1, -0.05) is 19.3 Å². The first-order chi connectivity index (χ1) is 11.2. The summed E-state index contributed by atoms with van der Waals surface area (Å²) >= 11 is 0. The first-order valence-corrected chi connectivity index (χ1v) is 8.30. The average Bonchev–Trinajstić information content (AvgIpc) is 3.04. The molecule has 23 heavy (non-hydrogen) atoms. The monoisotopic (exact) mass is 321 g/mol. The Morgan fingerprint density at radius 2 is 2.13 bits per heavy atom. The number of carbonyl (C=O) groups is 2. The highest BCUT2D eigenvalue weighted by molar-refractivity contribution is 5.95. The van der Waals surface area contributed by atoms with E-state index in [0.717, 1.165) is 18.5 Å². The molecule has 1 aromatic rings. The van der Waals surface area contributed by atoms with Crippen molar-refractivity contribution in [3.05, 3.63) is 17.5 Å². The maximum absolute atomic E-state index is 12.9. The molecule has 1 aliphatic heterocycles. The summed E-state index contributed by atoms with van der Waals surface area (Å²) in [6.07, 6.45) is 7.24. The van der Waals surface area contributed by atoms with E-state index in [-0.39, 0.29) is 18.9 Å². The molecular formula is C16H23N3O4. The van der Waals surface area contributed by atoms with Crippen molar-refractivity contribution >= 4 is 11.9 Å². The van der Waals surface area contributed by atoms with Gasteiger partial charge in [0.25, 0.3) is 5.91 Å². The van der Waals surface area contributed by atoms with Gasteiger partial charge in [0.05, 0.1) is 43.1 Å². The van der Waals surface area contributed by atoms with Crippen molar-refractivity contribution in [2.24, 2.45) is 0 Å². The van der Waals surface area contributed by atoms with Gasteiger partial charge in [-0.3, -0.25) is 14.7 Å². The van der Waals surface area contributed by atoms with E-state index in [0.29, 0.717) is 24.6 Å². The molecule has 1 amide bonds. The Hall–Kier alpha value is -1.89. The van der Waals surface area contributed by atoms with E-state index >= 15 is 0 Å². The number of H-pyrrole nitrogens is 1. The predicted molar refractivity (Wildman–Crippen MR) is 82.3 cm³/mol. The second kappa shape index (κ2) is 7.12. The van der Waals surface area contributed by atoms with Gasteiger partial charge in [0.15, 0.2) is 0 Å². The highest BCUT2D eigenvalue weighted by atomic mass is 16.5. The van der Waals surface area contributed by atoms with E-state index < -0.39 is 12.0 Å². The molecule has 1 aliphatic carbocycles. The lowest BCUT2D eigenvalue weighted by atomic mass is 9.85. The summed E-state index contributed by atoms with van der Waals surface area (Å²) in [6.45, 7) is 1.14. The number of hydrogen-bond acceptors (Lipinski definition) is 4. The molecule has 0 aromatic carbocycles. The molecule has 7 heteroatoms. The zero-order valence-corrected chi connectivity index (χ0v) is 13.2. The molecule has 1 unspecified atom stereocenters. The molecule has 1 saturated carbocycles. The highest BCUT2D eigenvalue weighted by Crippen LogP contribution is 2.33. The van der Waals surface area contributed by atoms with Gasteiger partial charge in [-0.15, -0.1) is 0 Å². The van der Waals surface area contributed by atoms with Crippen LogP contribution in [0.25, 0.3) is 0 Å². The van der Waals surface area contributed by atoms with E-state index in [1.54, 1.807) is 11.1 Å². The van der Waals surface area contributed by atoms with Crippen LogP contribution in [0.5, 0.6) is 0 Å². The van der Waals surface area contributed by atoms with Crippen molar-refractivity contribution in [1.29, 1.82) is 0 Å². The summed E-state index contributed by atoms with van der Waals surface area (Å²) in [7, 11) is 0. The van der Waals surface area contributed by atoms with Crippen molar-refractivity contribution in [2.75, 3.05) is 19.8 Å². The lowest BCUT2D eigenvalue weighted by molar-refractivity contribution is -0.139. The topological polar surface area (TPSA) is 95.5 Å². The fourth-order valence-electron chi connectivity index (χ4n) is 3.62. The number of amides is 1. The molecule has 1 saturated heterocycles. The van der Waals surface area contributed by atoms with Gasteiger partial charge in [0.1, 0.15) is 0 Å². The highest BCUT2D eigenvalue weighted by Gasteiger charge is 2.33. The lowest BCUT2D eigenvalue weighted by Crippen LogP contribution is -2.49. The smallest absolute Gasteiger partial charge is 0.305 e. The number of rotatable bonds is 4. The van der Waals surface area contributed by atoms with Gasteiger partial charge in [0, 0.05) is 12.5 Å². The minimum absolute atomic E-state index is 0.0949. The van der Waals surface area contributed by atoms with E-state index in [4.69, 9.17) is 9.84 Å². The number of nitrogens with one attached hydrogen (secondary N) is 1. The quantitative estimate of drug-likeness (QED) is 0.881. The van der Waals surface area contributed by atoms with Crippen LogP contribution >= 0.6 is 0 Å². The number of carboxylic acids is 1. The third-order valence-corrected chi connectivity index (χ3v) is 4.81. The summed E-state index contributed by atoms with van der Waals surface area (Å²) in [4.78, 5) is 25.6. The zero-order chi connectivity index (χ0) is 16.2. The predicted octanol–water partition coefficient (Wildman–Crippen LogP) is 1.77. The van der Waals surface area contributed by atoms with Crippen LogP contribution < -0.4 is 0 Å². The second-order valence-electron chi connectivity index (χ2n) is 6.36. The molecule has 7 nitrogen and oxygen atoms in total. The van der Waals surface area contributed by atoms with Gasteiger partial charge < -0.3 is 14.7 Å². The third kappa shape index (κ3) is 3.55. The Balaban J connectivity index is 1.79. The molecule has 126 valence electrons. The molecule has 2 aliphatic rings. The lowest BCUT2D eigenvalue weighted by Gasteiger charge is -2.35.